The number of aryl methyl sites for hydroxylation is 1. The Kier molecular flexibility index (Phi) is 3.14. The van der Waals surface area contributed by atoms with Gasteiger partial charge in [-0.05, 0) is 12.8 Å². The predicted molar refractivity (Wildman–Crippen MR) is 67.3 cm³/mol. The third kappa shape index (κ3) is 2.11. The second-order valence-electron chi connectivity index (χ2n) is 4.25. The Bertz CT molecular complexity index is 590. The van der Waals surface area contributed by atoms with Crippen molar-refractivity contribution in [3.63, 3.8) is 0 Å². The monoisotopic (exact) mass is 248 g/mol. The SMILES string of the molecule is CNc1nc(C)nc2c(C(C)CC(N)=O)cnn12. The standard InChI is InChI=1S/C11H16N6O/c1-6(4-9(12)18)8-5-14-17-10(8)15-7(2)16-11(17)13-3/h5-6H,4H2,1-3H3,(H2,12,18)(H,13,15,16). The van der Waals surface area contributed by atoms with Gasteiger partial charge in [0.2, 0.25) is 11.9 Å². The number of amides is 1. The molecule has 2 rings (SSSR count). The molecule has 2 aromatic rings. The number of nitrogens with two attached hydrogens (primary N) is 1. The van der Waals surface area contributed by atoms with Gasteiger partial charge in [-0.1, -0.05) is 6.92 Å². The van der Waals surface area contributed by atoms with Crippen molar-refractivity contribution in [3.8, 4) is 0 Å². The van der Waals surface area contributed by atoms with Gasteiger partial charge in [0.15, 0.2) is 5.65 Å². The molecule has 2 heterocycles. The summed E-state index contributed by atoms with van der Waals surface area (Å²) in [6, 6.07) is 0. The van der Waals surface area contributed by atoms with Crippen LogP contribution in [0.1, 0.15) is 30.7 Å². The van der Waals surface area contributed by atoms with E-state index in [1.165, 1.54) is 0 Å². The number of primary amides is 1. The minimum absolute atomic E-state index is 0.0148. The van der Waals surface area contributed by atoms with E-state index in [0.717, 1.165) is 5.56 Å². The highest BCUT2D eigenvalue weighted by atomic mass is 16.1. The molecule has 0 aliphatic rings. The Morgan fingerprint density at radius 3 is 2.89 bits per heavy atom. The van der Waals surface area contributed by atoms with Gasteiger partial charge in [0.05, 0.1) is 6.20 Å². The lowest BCUT2D eigenvalue weighted by atomic mass is 10.0. The molecule has 0 aliphatic carbocycles. The van der Waals surface area contributed by atoms with Crippen LogP contribution in [0.25, 0.3) is 5.65 Å². The smallest absolute Gasteiger partial charge is 0.227 e. The predicted octanol–water partition coefficient (Wildman–Crippen LogP) is 0.453. The van der Waals surface area contributed by atoms with Crippen LogP contribution in [0.15, 0.2) is 6.20 Å². The lowest BCUT2D eigenvalue weighted by Crippen LogP contribution is -2.14. The molecule has 2 aromatic heterocycles. The first-order valence-corrected chi connectivity index (χ1v) is 5.71. The largest absolute Gasteiger partial charge is 0.370 e. The molecule has 3 N–H and O–H groups in total. The van der Waals surface area contributed by atoms with Crippen LogP contribution in [-0.2, 0) is 4.79 Å². The Hall–Kier alpha value is -2.18. The number of anilines is 1. The van der Waals surface area contributed by atoms with Gasteiger partial charge in [-0.25, -0.2) is 4.98 Å². The number of rotatable bonds is 4. The summed E-state index contributed by atoms with van der Waals surface area (Å²) in [4.78, 5) is 19.6. The minimum Gasteiger partial charge on any atom is -0.370 e. The molecule has 1 unspecified atom stereocenters. The van der Waals surface area contributed by atoms with E-state index in [4.69, 9.17) is 5.73 Å². The minimum atomic E-state index is -0.332. The maximum atomic E-state index is 11.0. The Labute approximate surface area is 104 Å². The zero-order valence-electron chi connectivity index (χ0n) is 10.6. The van der Waals surface area contributed by atoms with E-state index in [9.17, 15) is 4.79 Å². The van der Waals surface area contributed by atoms with Crippen LogP contribution in [0.3, 0.4) is 0 Å². The van der Waals surface area contributed by atoms with Crippen LogP contribution >= 0.6 is 0 Å². The number of hydrogen-bond donors (Lipinski definition) is 2. The number of carbonyl (C=O) groups is 1. The van der Waals surface area contributed by atoms with Gasteiger partial charge in [0, 0.05) is 19.0 Å². The zero-order valence-corrected chi connectivity index (χ0v) is 10.6. The van der Waals surface area contributed by atoms with Crippen LogP contribution < -0.4 is 11.1 Å². The maximum Gasteiger partial charge on any atom is 0.227 e. The summed E-state index contributed by atoms with van der Waals surface area (Å²) in [6.45, 7) is 3.74. The van der Waals surface area contributed by atoms with Crippen molar-refractivity contribution in [2.24, 2.45) is 5.73 Å². The molecule has 1 amide bonds. The topological polar surface area (TPSA) is 98.2 Å². The fourth-order valence-electron chi connectivity index (χ4n) is 1.92. The van der Waals surface area contributed by atoms with E-state index >= 15 is 0 Å². The summed E-state index contributed by atoms with van der Waals surface area (Å²) in [7, 11) is 1.77. The van der Waals surface area contributed by atoms with Gasteiger partial charge in [-0.15, -0.1) is 0 Å². The van der Waals surface area contributed by atoms with Crippen molar-refractivity contribution in [2.45, 2.75) is 26.2 Å². The zero-order chi connectivity index (χ0) is 13.3. The van der Waals surface area contributed by atoms with E-state index in [0.29, 0.717) is 17.4 Å². The van der Waals surface area contributed by atoms with E-state index in [-0.39, 0.29) is 18.2 Å². The summed E-state index contributed by atoms with van der Waals surface area (Å²) in [5.74, 6) is 0.926. The van der Waals surface area contributed by atoms with E-state index < -0.39 is 0 Å². The van der Waals surface area contributed by atoms with Crippen molar-refractivity contribution in [1.29, 1.82) is 0 Å². The first-order chi connectivity index (χ1) is 8.52. The van der Waals surface area contributed by atoms with E-state index in [1.54, 1.807) is 17.8 Å². The molecule has 0 fully saturated rings. The number of hydrogen-bond acceptors (Lipinski definition) is 5. The Morgan fingerprint density at radius 2 is 2.28 bits per heavy atom. The van der Waals surface area contributed by atoms with Crippen LogP contribution in [-0.4, -0.2) is 32.5 Å². The molecule has 96 valence electrons. The maximum absolute atomic E-state index is 11.0. The summed E-state index contributed by atoms with van der Waals surface area (Å²) >= 11 is 0. The van der Waals surface area contributed by atoms with E-state index in [2.05, 4.69) is 20.4 Å². The van der Waals surface area contributed by atoms with Crippen LogP contribution in [0.4, 0.5) is 5.95 Å². The summed E-state index contributed by atoms with van der Waals surface area (Å²) < 4.78 is 1.62. The molecule has 0 spiro atoms. The summed E-state index contributed by atoms with van der Waals surface area (Å²) in [5.41, 5.74) is 6.83. The highest BCUT2D eigenvalue weighted by molar-refractivity contribution is 5.75. The lowest BCUT2D eigenvalue weighted by Gasteiger charge is -2.08. The average molecular weight is 248 g/mol. The van der Waals surface area contributed by atoms with Crippen molar-refractivity contribution < 1.29 is 4.79 Å². The fourth-order valence-corrected chi connectivity index (χ4v) is 1.92. The molecule has 0 bridgehead atoms. The molecule has 7 heteroatoms. The lowest BCUT2D eigenvalue weighted by molar-refractivity contribution is -0.118. The first-order valence-electron chi connectivity index (χ1n) is 5.71. The molecule has 0 aromatic carbocycles. The van der Waals surface area contributed by atoms with Crippen LogP contribution in [0.2, 0.25) is 0 Å². The quantitative estimate of drug-likeness (QED) is 0.818. The summed E-state index contributed by atoms with van der Waals surface area (Å²) in [5, 5.41) is 7.20. The number of nitrogens with zero attached hydrogens (tertiary/aromatic N) is 4. The average Bonchev–Trinajstić information content (AvgIpc) is 2.70. The second-order valence-corrected chi connectivity index (χ2v) is 4.25. The molecule has 0 aliphatic heterocycles. The van der Waals surface area contributed by atoms with Crippen LogP contribution in [0, 0.1) is 6.92 Å². The molecular formula is C11H16N6O. The number of fused-ring (bicyclic) bond motifs is 1. The molecular weight excluding hydrogens is 232 g/mol. The molecule has 1 atom stereocenters. The summed E-state index contributed by atoms with van der Waals surface area (Å²) in [6.07, 6.45) is 1.98. The fraction of sp³-hybridized carbons (Fsp3) is 0.455. The highest BCUT2D eigenvalue weighted by Gasteiger charge is 2.17. The van der Waals surface area contributed by atoms with Crippen molar-refractivity contribution in [3.05, 3.63) is 17.6 Å². The van der Waals surface area contributed by atoms with Crippen LogP contribution in [0.5, 0.6) is 0 Å². The van der Waals surface area contributed by atoms with Gasteiger partial charge in [-0.3, -0.25) is 4.79 Å². The molecule has 0 saturated heterocycles. The molecule has 0 saturated carbocycles. The molecule has 7 nitrogen and oxygen atoms in total. The van der Waals surface area contributed by atoms with Gasteiger partial charge in [-0.2, -0.15) is 14.6 Å². The van der Waals surface area contributed by atoms with Crippen molar-refractivity contribution in [1.82, 2.24) is 19.6 Å². The number of aromatic nitrogens is 4. The molecule has 18 heavy (non-hydrogen) atoms. The number of carbonyl (C=O) groups excluding carboxylic acids is 1. The Morgan fingerprint density at radius 1 is 1.56 bits per heavy atom. The number of nitrogens with one attached hydrogen (secondary N) is 1. The normalized spacial score (nSPS) is 12.6. The van der Waals surface area contributed by atoms with Gasteiger partial charge in [0.25, 0.3) is 0 Å². The van der Waals surface area contributed by atoms with Gasteiger partial charge in [0.1, 0.15) is 5.82 Å². The second kappa shape index (κ2) is 4.59. The third-order valence-corrected chi connectivity index (χ3v) is 2.77. The highest BCUT2D eigenvalue weighted by Crippen LogP contribution is 2.23. The Balaban J connectivity index is 2.53. The van der Waals surface area contributed by atoms with Crippen molar-refractivity contribution >= 4 is 17.5 Å². The third-order valence-electron chi connectivity index (χ3n) is 2.77. The van der Waals surface area contributed by atoms with E-state index in [1.807, 2.05) is 13.8 Å². The van der Waals surface area contributed by atoms with Crippen molar-refractivity contribution in [2.75, 3.05) is 12.4 Å². The first kappa shape index (κ1) is 12.3. The van der Waals surface area contributed by atoms with Gasteiger partial charge < -0.3 is 11.1 Å². The molecule has 0 radical (unpaired) electrons. The van der Waals surface area contributed by atoms with Gasteiger partial charge >= 0.3 is 0 Å².